The Morgan fingerprint density at radius 2 is 1.92 bits per heavy atom. The van der Waals surface area contributed by atoms with Crippen molar-refractivity contribution >= 4 is 29.5 Å². The van der Waals surface area contributed by atoms with Gasteiger partial charge in [0.15, 0.2) is 0 Å². The number of carbonyl (C=O) groups is 1. The summed E-state index contributed by atoms with van der Waals surface area (Å²) in [6.45, 7) is 16.5. The van der Waals surface area contributed by atoms with Gasteiger partial charge >= 0.3 is 0 Å². The summed E-state index contributed by atoms with van der Waals surface area (Å²) in [6, 6.07) is 10.2. The number of pyridine rings is 2. The van der Waals surface area contributed by atoms with Gasteiger partial charge in [0.2, 0.25) is 0 Å². The van der Waals surface area contributed by atoms with Crippen molar-refractivity contribution in [3.05, 3.63) is 53.2 Å². The van der Waals surface area contributed by atoms with Crippen LogP contribution >= 0.6 is 11.9 Å². The number of likely N-dealkylation sites (N-methyl/N-ethyl adjacent to an activating group) is 1. The predicted octanol–water partition coefficient (Wildman–Crippen LogP) is 5.90. The van der Waals surface area contributed by atoms with Gasteiger partial charge in [-0.3, -0.25) is 9.52 Å². The number of amides is 1. The minimum absolute atomic E-state index is 0.108. The Balaban J connectivity index is 1.56. The van der Waals surface area contributed by atoms with E-state index in [4.69, 9.17) is 9.97 Å². The molecule has 5 heterocycles. The number of nitrogens with zero attached hydrogens (tertiary/aromatic N) is 4. The van der Waals surface area contributed by atoms with E-state index >= 15 is 0 Å². The quantitative estimate of drug-likeness (QED) is 0.340. The second kappa shape index (κ2) is 10.8. The lowest BCUT2D eigenvalue weighted by Crippen LogP contribution is -2.40. The van der Waals surface area contributed by atoms with Crippen LogP contribution in [0.3, 0.4) is 0 Å². The van der Waals surface area contributed by atoms with Gasteiger partial charge in [-0.25, -0.2) is 9.97 Å². The second-order valence-electron chi connectivity index (χ2n) is 13.3. The molecule has 0 aliphatic carbocycles. The number of anilines is 2. The van der Waals surface area contributed by atoms with E-state index in [0.717, 1.165) is 61.3 Å². The van der Waals surface area contributed by atoms with Crippen LogP contribution in [-0.4, -0.2) is 59.0 Å². The molecule has 1 amide bonds. The van der Waals surface area contributed by atoms with Crippen molar-refractivity contribution < 1.29 is 4.79 Å². The summed E-state index contributed by atoms with van der Waals surface area (Å²) in [7, 11) is 2.18. The van der Waals surface area contributed by atoms with Crippen LogP contribution in [0.1, 0.15) is 76.9 Å². The number of aromatic nitrogens is 2. The maximum absolute atomic E-state index is 13.6. The third kappa shape index (κ3) is 6.12. The zero-order valence-electron chi connectivity index (χ0n) is 24.5. The molecule has 3 atom stereocenters. The molecule has 8 heteroatoms. The third-order valence-electron chi connectivity index (χ3n) is 8.65. The topological polar surface area (TPSA) is 73.4 Å². The Kier molecular flexibility index (Phi) is 7.72. The van der Waals surface area contributed by atoms with Crippen molar-refractivity contribution in [3.8, 4) is 0 Å². The van der Waals surface area contributed by atoms with E-state index in [9.17, 15) is 4.79 Å². The fourth-order valence-corrected chi connectivity index (χ4v) is 6.75. The van der Waals surface area contributed by atoms with Crippen LogP contribution < -0.4 is 14.9 Å². The van der Waals surface area contributed by atoms with E-state index in [1.807, 2.05) is 30.3 Å². The highest BCUT2D eigenvalue weighted by atomic mass is 32.2. The van der Waals surface area contributed by atoms with Gasteiger partial charge in [0.05, 0.1) is 5.56 Å². The number of rotatable bonds is 1. The number of hydrogen-bond acceptors (Lipinski definition) is 7. The molecule has 1 saturated heterocycles. The van der Waals surface area contributed by atoms with E-state index in [2.05, 4.69) is 74.5 Å². The van der Waals surface area contributed by atoms with Crippen LogP contribution in [0.25, 0.3) is 0 Å². The van der Waals surface area contributed by atoms with E-state index in [0.29, 0.717) is 17.4 Å². The Morgan fingerprint density at radius 1 is 1.13 bits per heavy atom. The molecule has 4 bridgehead atoms. The van der Waals surface area contributed by atoms with Gasteiger partial charge < -0.3 is 15.1 Å². The molecular formula is C31H44N6OS. The average Bonchev–Trinajstić information content (AvgIpc) is 3.21. The molecule has 39 heavy (non-hydrogen) atoms. The molecule has 7 nitrogen and oxygen atoms in total. The third-order valence-corrected chi connectivity index (χ3v) is 9.38. The molecule has 0 spiro atoms. The highest BCUT2D eigenvalue weighted by molar-refractivity contribution is 7.97. The van der Waals surface area contributed by atoms with Crippen LogP contribution in [-0.2, 0) is 5.41 Å². The molecular weight excluding hydrogens is 504 g/mol. The zero-order valence-corrected chi connectivity index (χ0v) is 25.4. The largest absolute Gasteiger partial charge is 0.364 e. The number of carbonyl (C=O) groups excluding carboxylic acids is 1. The first-order chi connectivity index (χ1) is 18.4. The molecule has 0 radical (unpaired) electrons. The predicted molar refractivity (Wildman–Crippen MR) is 161 cm³/mol. The lowest BCUT2D eigenvalue weighted by atomic mass is 9.82. The Bertz CT molecular complexity index is 1250. The fraction of sp³-hybridized carbons (Fsp3) is 0.581. The molecule has 2 N–H and O–H groups in total. The molecule has 2 aromatic rings. The second-order valence-corrected chi connectivity index (χ2v) is 14.1. The van der Waals surface area contributed by atoms with E-state index < -0.39 is 0 Å². The Morgan fingerprint density at radius 3 is 2.64 bits per heavy atom. The van der Waals surface area contributed by atoms with E-state index in [-0.39, 0.29) is 22.9 Å². The summed E-state index contributed by atoms with van der Waals surface area (Å²) in [5.74, 6) is 2.49. The zero-order chi connectivity index (χ0) is 27.9. The van der Waals surface area contributed by atoms with Crippen molar-refractivity contribution in [2.75, 3.05) is 36.9 Å². The first-order valence-corrected chi connectivity index (χ1v) is 15.1. The molecule has 0 saturated carbocycles. The van der Waals surface area contributed by atoms with Crippen LogP contribution in [0.15, 0.2) is 47.0 Å². The summed E-state index contributed by atoms with van der Waals surface area (Å²) >= 11 is 1.26. The summed E-state index contributed by atoms with van der Waals surface area (Å²) in [5, 5.41) is 4.54. The van der Waals surface area contributed by atoms with Gasteiger partial charge in [0, 0.05) is 54.3 Å². The van der Waals surface area contributed by atoms with E-state index in [1.54, 1.807) is 0 Å². The number of fused-ring (bicyclic) bond motifs is 6. The molecule has 1 fully saturated rings. The van der Waals surface area contributed by atoms with Gasteiger partial charge in [-0.15, -0.1) is 0 Å². The maximum atomic E-state index is 13.6. The van der Waals surface area contributed by atoms with E-state index in [1.165, 1.54) is 17.5 Å². The maximum Gasteiger partial charge on any atom is 0.265 e. The van der Waals surface area contributed by atoms with Crippen LogP contribution in [0.5, 0.6) is 0 Å². The minimum atomic E-state index is -0.139. The molecule has 210 valence electrons. The molecule has 0 aromatic carbocycles. The number of nitrogens with one attached hydrogen (secondary N) is 2. The molecule has 5 rings (SSSR count). The highest BCUT2D eigenvalue weighted by Crippen LogP contribution is 2.43. The van der Waals surface area contributed by atoms with Crippen molar-refractivity contribution in [2.24, 2.45) is 11.8 Å². The Hall–Kier alpha value is -2.58. The molecule has 2 aromatic heterocycles. The SMILES string of the molecule is CC1CC(C2=CCN(C)CC2)Nc2cccc(n2)SNC(=O)c2ccc(C(C)(C)C)nc2N2CC1CC2(C)C. The normalized spacial score (nSPS) is 26.0. The average molecular weight is 549 g/mol. The summed E-state index contributed by atoms with van der Waals surface area (Å²) in [6.07, 6.45) is 5.58. The van der Waals surface area contributed by atoms with Crippen LogP contribution in [0.2, 0.25) is 0 Å². The molecule has 3 aliphatic heterocycles. The summed E-state index contributed by atoms with van der Waals surface area (Å²) < 4.78 is 3.05. The smallest absolute Gasteiger partial charge is 0.265 e. The lowest BCUT2D eigenvalue weighted by molar-refractivity contribution is 0.0984. The highest BCUT2D eigenvalue weighted by Gasteiger charge is 2.43. The van der Waals surface area contributed by atoms with Crippen molar-refractivity contribution in [2.45, 2.75) is 82.8 Å². The lowest BCUT2D eigenvalue weighted by Gasteiger charge is -2.34. The number of hydrogen-bond donors (Lipinski definition) is 2. The first kappa shape index (κ1) is 28.0. The van der Waals surface area contributed by atoms with Crippen LogP contribution in [0.4, 0.5) is 11.6 Å². The molecule has 3 aliphatic rings. The van der Waals surface area contributed by atoms with Gasteiger partial charge in [-0.2, -0.15) is 0 Å². The van der Waals surface area contributed by atoms with Gasteiger partial charge in [-0.1, -0.05) is 39.8 Å². The molecule has 3 unspecified atom stereocenters. The fourth-order valence-electron chi connectivity index (χ4n) is 6.16. The van der Waals surface area contributed by atoms with Gasteiger partial charge in [0.1, 0.15) is 16.7 Å². The van der Waals surface area contributed by atoms with Gasteiger partial charge in [-0.05, 0) is 81.8 Å². The standard InChI is InChI=1S/C31H44N6OS/c1-20-17-24(21-13-15-36(7)16-14-21)32-26-9-8-10-27(34-26)39-35-29(38)23-11-12-25(30(2,3)4)33-28(23)37-19-22(20)18-31(37,5)6/h8-13,20,22,24H,14-19H2,1-7H3,(H,32,34)(H,35,38). The van der Waals surface area contributed by atoms with Crippen molar-refractivity contribution in [1.82, 2.24) is 19.6 Å². The van der Waals surface area contributed by atoms with Crippen molar-refractivity contribution in [1.29, 1.82) is 0 Å². The van der Waals surface area contributed by atoms with Crippen molar-refractivity contribution in [3.63, 3.8) is 0 Å². The Labute approximate surface area is 238 Å². The monoisotopic (exact) mass is 548 g/mol. The summed E-state index contributed by atoms with van der Waals surface area (Å²) in [5.41, 5.74) is 2.88. The summed E-state index contributed by atoms with van der Waals surface area (Å²) in [4.78, 5) is 28.4. The minimum Gasteiger partial charge on any atom is -0.364 e. The van der Waals surface area contributed by atoms with Gasteiger partial charge in [0.25, 0.3) is 5.91 Å². The first-order valence-electron chi connectivity index (χ1n) is 14.3. The van der Waals surface area contributed by atoms with Crippen LogP contribution in [0, 0.1) is 11.8 Å².